The molecule has 0 unspecified atom stereocenters. The molecule has 0 aliphatic rings. The summed E-state index contributed by atoms with van der Waals surface area (Å²) in [5, 5.41) is 0. The Morgan fingerprint density at radius 1 is 0.750 bits per heavy atom. The average molecular weight is 315 g/mol. The second-order valence-electron chi connectivity index (χ2n) is 6.09. The Kier molecular flexibility index (Phi) is 4.48. The van der Waals surface area contributed by atoms with Crippen LogP contribution in [0.3, 0.4) is 0 Å². The fourth-order valence-electron chi connectivity index (χ4n) is 3.02. The minimum Gasteiger partial charge on any atom is -0.345 e. The summed E-state index contributed by atoms with van der Waals surface area (Å²) < 4.78 is 0. The molecular weight excluding hydrogens is 294 g/mol. The van der Waals surface area contributed by atoms with Crippen molar-refractivity contribution < 1.29 is 4.79 Å². The van der Waals surface area contributed by atoms with Crippen LogP contribution >= 0.6 is 0 Å². The fourth-order valence-corrected chi connectivity index (χ4v) is 3.02. The molecule has 0 radical (unpaired) electrons. The molecule has 0 spiro atoms. The first kappa shape index (κ1) is 16.0. The zero-order chi connectivity index (χ0) is 17.1. The van der Waals surface area contributed by atoms with Crippen LogP contribution < -0.4 is 0 Å². The summed E-state index contributed by atoms with van der Waals surface area (Å²) in [6.07, 6.45) is 0. The zero-order valence-corrected chi connectivity index (χ0v) is 14.3. The Bertz CT molecular complexity index is 852. The van der Waals surface area contributed by atoms with Gasteiger partial charge in [0.25, 0.3) is 5.91 Å². The highest BCUT2D eigenvalue weighted by Gasteiger charge is 2.18. The van der Waals surface area contributed by atoms with E-state index in [0.29, 0.717) is 0 Å². The summed E-state index contributed by atoms with van der Waals surface area (Å²) in [5.74, 6) is 0.0318. The summed E-state index contributed by atoms with van der Waals surface area (Å²) in [6.45, 7) is 2.03. The number of benzene rings is 3. The van der Waals surface area contributed by atoms with Gasteiger partial charge in [0.1, 0.15) is 0 Å². The Balaban J connectivity index is 2.28. The van der Waals surface area contributed by atoms with Gasteiger partial charge in [0.05, 0.1) is 0 Å². The maximum Gasteiger partial charge on any atom is 0.253 e. The lowest BCUT2D eigenvalue weighted by molar-refractivity contribution is 0.0827. The predicted octanol–water partition coefficient (Wildman–Crippen LogP) is 5.03. The van der Waals surface area contributed by atoms with Crippen molar-refractivity contribution in [3.05, 3.63) is 83.9 Å². The molecule has 0 aliphatic heterocycles. The minimum atomic E-state index is 0.0318. The molecule has 0 N–H and O–H groups in total. The molecule has 3 aromatic rings. The smallest absolute Gasteiger partial charge is 0.253 e. The zero-order valence-electron chi connectivity index (χ0n) is 14.3. The standard InChI is InChI=1S/C22H21NO/c1-16-19(22(24)23(2)3)14-15-20(17-10-6-4-7-11-17)21(16)18-12-8-5-9-13-18/h4-15H,1-3H3. The molecular formula is C22H21NO. The Morgan fingerprint density at radius 2 is 1.29 bits per heavy atom. The molecule has 120 valence electrons. The highest BCUT2D eigenvalue weighted by Crippen LogP contribution is 2.36. The van der Waals surface area contributed by atoms with Crippen molar-refractivity contribution in [3.8, 4) is 22.3 Å². The number of carbonyl (C=O) groups is 1. The van der Waals surface area contributed by atoms with Gasteiger partial charge in [0.15, 0.2) is 0 Å². The molecule has 0 aromatic heterocycles. The van der Waals surface area contributed by atoms with Crippen molar-refractivity contribution in [1.82, 2.24) is 4.90 Å². The van der Waals surface area contributed by atoms with E-state index in [0.717, 1.165) is 33.4 Å². The largest absolute Gasteiger partial charge is 0.345 e. The summed E-state index contributed by atoms with van der Waals surface area (Å²) in [7, 11) is 3.57. The first-order valence-corrected chi connectivity index (χ1v) is 8.05. The number of amides is 1. The first-order valence-electron chi connectivity index (χ1n) is 8.05. The number of hydrogen-bond donors (Lipinski definition) is 0. The summed E-state index contributed by atoms with van der Waals surface area (Å²) in [6, 6.07) is 24.6. The van der Waals surface area contributed by atoms with Crippen molar-refractivity contribution in [3.63, 3.8) is 0 Å². The average Bonchev–Trinajstić information content (AvgIpc) is 2.62. The van der Waals surface area contributed by atoms with Crippen LogP contribution in [-0.2, 0) is 0 Å². The van der Waals surface area contributed by atoms with E-state index >= 15 is 0 Å². The van der Waals surface area contributed by atoms with Crippen LogP contribution in [0.5, 0.6) is 0 Å². The maximum atomic E-state index is 12.5. The van der Waals surface area contributed by atoms with Crippen LogP contribution in [0, 0.1) is 6.92 Å². The number of hydrogen-bond acceptors (Lipinski definition) is 1. The van der Waals surface area contributed by atoms with Gasteiger partial charge >= 0.3 is 0 Å². The maximum absolute atomic E-state index is 12.5. The lowest BCUT2D eigenvalue weighted by Gasteiger charge is -2.19. The summed E-state index contributed by atoms with van der Waals surface area (Å²) in [5.41, 5.74) is 6.31. The van der Waals surface area contributed by atoms with Gasteiger partial charge in [-0.2, -0.15) is 0 Å². The fraction of sp³-hybridized carbons (Fsp3) is 0.136. The molecule has 0 saturated heterocycles. The molecule has 3 aromatic carbocycles. The molecule has 0 saturated carbocycles. The van der Waals surface area contributed by atoms with Gasteiger partial charge in [0.2, 0.25) is 0 Å². The monoisotopic (exact) mass is 315 g/mol. The molecule has 2 heteroatoms. The molecule has 0 bridgehead atoms. The predicted molar refractivity (Wildman–Crippen MR) is 100 cm³/mol. The van der Waals surface area contributed by atoms with Gasteiger partial charge in [-0.05, 0) is 40.8 Å². The molecule has 2 nitrogen and oxygen atoms in total. The summed E-state index contributed by atoms with van der Waals surface area (Å²) in [4.78, 5) is 14.1. The first-order chi connectivity index (χ1) is 11.6. The van der Waals surface area contributed by atoms with Gasteiger partial charge in [-0.1, -0.05) is 66.7 Å². The second-order valence-corrected chi connectivity index (χ2v) is 6.09. The van der Waals surface area contributed by atoms with Crippen molar-refractivity contribution in [1.29, 1.82) is 0 Å². The number of rotatable bonds is 3. The lowest BCUT2D eigenvalue weighted by Crippen LogP contribution is -2.22. The Labute approximate surface area is 143 Å². The molecule has 0 heterocycles. The van der Waals surface area contributed by atoms with Crippen molar-refractivity contribution >= 4 is 5.91 Å². The van der Waals surface area contributed by atoms with Gasteiger partial charge in [-0.15, -0.1) is 0 Å². The normalized spacial score (nSPS) is 10.5. The van der Waals surface area contributed by atoms with Crippen LogP contribution in [0.15, 0.2) is 72.8 Å². The molecule has 0 aliphatic carbocycles. The third kappa shape index (κ3) is 2.95. The lowest BCUT2D eigenvalue weighted by atomic mass is 9.88. The van der Waals surface area contributed by atoms with Crippen molar-refractivity contribution in [2.75, 3.05) is 14.1 Å². The molecule has 24 heavy (non-hydrogen) atoms. The van der Waals surface area contributed by atoms with E-state index in [1.807, 2.05) is 49.4 Å². The van der Waals surface area contributed by atoms with E-state index in [-0.39, 0.29) is 5.91 Å². The van der Waals surface area contributed by atoms with Crippen LogP contribution in [0.2, 0.25) is 0 Å². The van der Waals surface area contributed by atoms with Crippen molar-refractivity contribution in [2.24, 2.45) is 0 Å². The number of nitrogens with zero attached hydrogens (tertiary/aromatic N) is 1. The van der Waals surface area contributed by atoms with E-state index in [1.54, 1.807) is 19.0 Å². The van der Waals surface area contributed by atoms with E-state index < -0.39 is 0 Å². The van der Waals surface area contributed by atoms with E-state index in [9.17, 15) is 4.79 Å². The highest BCUT2D eigenvalue weighted by atomic mass is 16.2. The second kappa shape index (κ2) is 6.71. The third-order valence-electron chi connectivity index (χ3n) is 4.25. The van der Waals surface area contributed by atoms with Gasteiger partial charge < -0.3 is 4.90 Å². The van der Waals surface area contributed by atoms with Gasteiger partial charge in [-0.25, -0.2) is 0 Å². The minimum absolute atomic E-state index is 0.0318. The van der Waals surface area contributed by atoms with E-state index in [1.165, 1.54) is 0 Å². The quantitative estimate of drug-likeness (QED) is 0.664. The van der Waals surface area contributed by atoms with E-state index in [2.05, 4.69) is 30.3 Å². The van der Waals surface area contributed by atoms with Gasteiger partial charge in [-0.3, -0.25) is 4.79 Å². The Morgan fingerprint density at radius 3 is 1.83 bits per heavy atom. The summed E-state index contributed by atoms with van der Waals surface area (Å²) >= 11 is 0. The third-order valence-corrected chi connectivity index (χ3v) is 4.25. The molecule has 0 fully saturated rings. The van der Waals surface area contributed by atoms with Crippen LogP contribution in [0.1, 0.15) is 15.9 Å². The molecule has 3 rings (SSSR count). The van der Waals surface area contributed by atoms with Crippen LogP contribution in [-0.4, -0.2) is 24.9 Å². The van der Waals surface area contributed by atoms with Gasteiger partial charge in [0, 0.05) is 19.7 Å². The van der Waals surface area contributed by atoms with E-state index in [4.69, 9.17) is 0 Å². The Hall–Kier alpha value is -2.87. The molecule has 0 atom stereocenters. The molecule has 1 amide bonds. The SMILES string of the molecule is Cc1c(C(=O)N(C)C)ccc(-c2ccccc2)c1-c1ccccc1. The van der Waals surface area contributed by atoms with Crippen LogP contribution in [0.4, 0.5) is 0 Å². The number of carbonyl (C=O) groups excluding carboxylic acids is 1. The topological polar surface area (TPSA) is 20.3 Å². The van der Waals surface area contributed by atoms with Crippen LogP contribution in [0.25, 0.3) is 22.3 Å². The highest BCUT2D eigenvalue weighted by molar-refractivity contribution is 6.00. The van der Waals surface area contributed by atoms with Crippen molar-refractivity contribution in [2.45, 2.75) is 6.92 Å².